The Hall–Kier alpha value is -3.58. The van der Waals surface area contributed by atoms with Crippen LogP contribution in [0.4, 0.5) is 22.0 Å². The molecule has 186 valence electrons. The number of pyridine rings is 2. The number of fused-ring (bicyclic) bond motifs is 2. The summed E-state index contributed by atoms with van der Waals surface area (Å²) >= 11 is 0.734. The first-order chi connectivity index (χ1) is 17.3. The van der Waals surface area contributed by atoms with Gasteiger partial charge < -0.3 is 10.1 Å². The number of hydrogen-bond acceptors (Lipinski definition) is 6. The summed E-state index contributed by atoms with van der Waals surface area (Å²) < 4.78 is 73.9. The molecule has 1 atom stereocenters. The Labute approximate surface area is 204 Å². The highest BCUT2D eigenvalue weighted by Crippen LogP contribution is 2.37. The van der Waals surface area contributed by atoms with Crippen LogP contribution < -0.4 is 5.32 Å². The van der Waals surface area contributed by atoms with Crippen LogP contribution in [0.5, 0.6) is 0 Å². The number of halogens is 5. The monoisotopic (exact) mass is 521 g/mol. The smallest absolute Gasteiger partial charge is 0.268 e. The molecule has 4 heterocycles. The molecule has 1 unspecified atom stereocenters. The van der Waals surface area contributed by atoms with Crippen LogP contribution in [0.25, 0.3) is 16.7 Å². The number of hydrogen-bond donors (Lipinski definition) is 1. The number of carbonyl (C=O) groups excluding carboxylic acids is 1. The van der Waals surface area contributed by atoms with E-state index in [0.717, 1.165) is 28.7 Å². The number of nitrogens with zero attached hydrogens (tertiary/aromatic N) is 4. The lowest BCUT2D eigenvalue weighted by molar-refractivity contribution is 0.0927. The molecule has 1 aromatic carbocycles. The molecule has 4 aromatic rings. The second-order valence-corrected chi connectivity index (χ2v) is 9.01. The minimum absolute atomic E-state index is 0.0467. The van der Waals surface area contributed by atoms with Gasteiger partial charge >= 0.3 is 0 Å². The molecule has 1 amide bonds. The highest BCUT2D eigenvalue weighted by Gasteiger charge is 2.25. The summed E-state index contributed by atoms with van der Waals surface area (Å²) in [5.41, 5.74) is -0.876. The fraction of sp³-hybridized carbons (Fsp3) is 0.217. The van der Waals surface area contributed by atoms with Crippen molar-refractivity contribution in [3.63, 3.8) is 0 Å². The van der Waals surface area contributed by atoms with Gasteiger partial charge in [-0.25, -0.2) is 27.2 Å². The van der Waals surface area contributed by atoms with E-state index in [9.17, 15) is 26.7 Å². The second-order valence-electron chi connectivity index (χ2n) is 7.82. The Morgan fingerprint density at radius 1 is 1.25 bits per heavy atom. The first-order valence-corrected chi connectivity index (χ1v) is 11.4. The number of rotatable bonds is 5. The van der Waals surface area contributed by atoms with Gasteiger partial charge in [-0.2, -0.15) is 4.39 Å². The fourth-order valence-corrected chi connectivity index (χ4v) is 4.63. The summed E-state index contributed by atoms with van der Waals surface area (Å²) in [5.74, 6) is -2.85. The van der Waals surface area contributed by atoms with E-state index in [1.807, 2.05) is 0 Å². The molecule has 7 nitrogen and oxygen atoms in total. The largest absolute Gasteiger partial charge is 0.373 e. The van der Waals surface area contributed by atoms with Crippen LogP contribution in [0.2, 0.25) is 0 Å². The highest BCUT2D eigenvalue weighted by atomic mass is 32.2. The zero-order valence-corrected chi connectivity index (χ0v) is 19.0. The van der Waals surface area contributed by atoms with Gasteiger partial charge in [0, 0.05) is 33.2 Å². The van der Waals surface area contributed by atoms with Crippen molar-refractivity contribution in [2.45, 2.75) is 30.0 Å². The van der Waals surface area contributed by atoms with Gasteiger partial charge in [0.2, 0.25) is 0 Å². The van der Waals surface area contributed by atoms with E-state index >= 15 is 0 Å². The van der Waals surface area contributed by atoms with Gasteiger partial charge in [0.05, 0.1) is 37.2 Å². The lowest BCUT2D eigenvalue weighted by Crippen LogP contribution is -2.24. The van der Waals surface area contributed by atoms with Crippen LogP contribution >= 0.6 is 11.8 Å². The Kier molecular flexibility index (Phi) is 6.58. The van der Waals surface area contributed by atoms with Crippen molar-refractivity contribution in [1.29, 1.82) is 0 Å². The molecule has 0 spiro atoms. The molecule has 1 aliphatic rings. The third-order valence-corrected chi connectivity index (χ3v) is 6.41. The van der Waals surface area contributed by atoms with E-state index in [1.165, 1.54) is 18.3 Å². The molecule has 0 saturated carbocycles. The van der Waals surface area contributed by atoms with Crippen molar-refractivity contribution in [2.24, 2.45) is 0 Å². The van der Waals surface area contributed by atoms with Gasteiger partial charge in [-0.1, -0.05) is 11.8 Å². The van der Waals surface area contributed by atoms with Gasteiger partial charge in [-0.15, -0.1) is 5.10 Å². The van der Waals surface area contributed by atoms with Crippen LogP contribution in [-0.4, -0.2) is 37.8 Å². The molecule has 1 aliphatic heterocycles. The van der Waals surface area contributed by atoms with Crippen molar-refractivity contribution in [3.05, 3.63) is 76.9 Å². The SMILES string of the molecule is O=C(NCc1cc2nc(-n3cc(F)c(F)n3)ccc2cn1)c1cc2c(c(C(F)F)c1)COCC(F)S2. The summed E-state index contributed by atoms with van der Waals surface area (Å²) in [4.78, 5) is 21.6. The molecule has 0 fully saturated rings. The van der Waals surface area contributed by atoms with Crippen LogP contribution in [0.3, 0.4) is 0 Å². The van der Waals surface area contributed by atoms with Gasteiger partial charge in [0.1, 0.15) is 0 Å². The normalized spacial score (nSPS) is 15.7. The molecule has 0 saturated heterocycles. The maximum Gasteiger partial charge on any atom is 0.268 e. The van der Waals surface area contributed by atoms with Crippen LogP contribution in [-0.2, 0) is 17.9 Å². The molecule has 1 N–H and O–H groups in total. The van der Waals surface area contributed by atoms with E-state index in [2.05, 4.69) is 20.4 Å². The van der Waals surface area contributed by atoms with E-state index in [4.69, 9.17) is 4.74 Å². The zero-order chi connectivity index (χ0) is 25.4. The number of alkyl halides is 3. The quantitative estimate of drug-likeness (QED) is 0.377. The van der Waals surface area contributed by atoms with E-state index in [1.54, 1.807) is 12.1 Å². The van der Waals surface area contributed by atoms with Crippen LogP contribution in [0.15, 0.2) is 47.6 Å². The first kappa shape index (κ1) is 24.1. The predicted octanol–water partition coefficient (Wildman–Crippen LogP) is 4.88. The number of thioether (sulfide) groups is 1. The number of aromatic nitrogens is 4. The summed E-state index contributed by atoms with van der Waals surface area (Å²) in [6, 6.07) is 7.17. The maximum absolute atomic E-state index is 13.9. The molecule has 13 heteroatoms. The zero-order valence-electron chi connectivity index (χ0n) is 18.2. The summed E-state index contributed by atoms with van der Waals surface area (Å²) in [7, 11) is 0. The molecule has 0 aliphatic carbocycles. The number of amides is 1. The lowest BCUT2D eigenvalue weighted by Gasteiger charge is -2.14. The Morgan fingerprint density at radius 2 is 2.08 bits per heavy atom. The maximum atomic E-state index is 13.9. The van der Waals surface area contributed by atoms with Gasteiger partial charge in [-0.05, 0) is 30.3 Å². The molecule has 3 aromatic heterocycles. The van der Waals surface area contributed by atoms with Crippen molar-refractivity contribution >= 4 is 28.6 Å². The number of nitrogens with one attached hydrogen (secondary N) is 1. The lowest BCUT2D eigenvalue weighted by atomic mass is 10.0. The Balaban J connectivity index is 1.37. The van der Waals surface area contributed by atoms with Crippen molar-refractivity contribution < 1.29 is 31.5 Å². The van der Waals surface area contributed by atoms with Gasteiger partial charge in [0.25, 0.3) is 18.3 Å². The standard InChI is InChI=1S/C23H16F5N5O2S/c24-16-8-33(32-22(16)28)20-2-1-11-6-29-13(5-17(11)31-20)7-30-23(34)12-3-14(21(26)27)15-9-35-10-19(25)36-18(15)4-12/h1-6,8,19,21H,7,9-10H2,(H,30,34). The topological polar surface area (TPSA) is 81.9 Å². The average Bonchev–Trinajstić information content (AvgIpc) is 3.07. The number of benzene rings is 1. The van der Waals surface area contributed by atoms with E-state index in [0.29, 0.717) is 16.6 Å². The number of ether oxygens (including phenoxy) is 1. The van der Waals surface area contributed by atoms with Crippen molar-refractivity contribution in [1.82, 2.24) is 25.1 Å². The van der Waals surface area contributed by atoms with Crippen LogP contribution in [0, 0.1) is 11.8 Å². The highest BCUT2D eigenvalue weighted by molar-refractivity contribution is 7.99. The summed E-state index contributed by atoms with van der Waals surface area (Å²) in [6.07, 6.45) is -0.506. The van der Waals surface area contributed by atoms with Crippen molar-refractivity contribution in [3.8, 4) is 5.82 Å². The average molecular weight is 521 g/mol. The Morgan fingerprint density at radius 3 is 2.83 bits per heavy atom. The minimum Gasteiger partial charge on any atom is -0.373 e. The summed E-state index contributed by atoms with van der Waals surface area (Å²) in [6.45, 7) is -0.468. The van der Waals surface area contributed by atoms with Gasteiger partial charge in [0.15, 0.2) is 17.1 Å². The molecular formula is C23H16F5N5O2S. The minimum atomic E-state index is -2.87. The van der Waals surface area contributed by atoms with E-state index < -0.39 is 29.6 Å². The summed E-state index contributed by atoms with van der Waals surface area (Å²) in [5, 5.41) is 6.66. The van der Waals surface area contributed by atoms with E-state index in [-0.39, 0.29) is 47.2 Å². The third-order valence-electron chi connectivity index (χ3n) is 5.40. The molecule has 5 rings (SSSR count). The fourth-order valence-electron chi connectivity index (χ4n) is 3.67. The number of carbonyl (C=O) groups is 1. The first-order valence-electron chi connectivity index (χ1n) is 10.6. The van der Waals surface area contributed by atoms with Crippen molar-refractivity contribution in [2.75, 3.05) is 6.61 Å². The third kappa shape index (κ3) is 4.88. The van der Waals surface area contributed by atoms with Crippen LogP contribution in [0.1, 0.15) is 33.6 Å². The Bertz CT molecular complexity index is 1450. The predicted molar refractivity (Wildman–Crippen MR) is 120 cm³/mol. The molecular weight excluding hydrogens is 505 g/mol. The molecule has 0 radical (unpaired) electrons. The molecule has 36 heavy (non-hydrogen) atoms. The second kappa shape index (κ2) is 9.82. The molecule has 0 bridgehead atoms. The van der Waals surface area contributed by atoms with Gasteiger partial charge in [-0.3, -0.25) is 9.78 Å².